The summed E-state index contributed by atoms with van der Waals surface area (Å²) in [6, 6.07) is 76.8. The fourth-order valence-electron chi connectivity index (χ4n) is 9.49. The molecule has 0 atom stereocenters. The van der Waals surface area contributed by atoms with Crippen LogP contribution in [0.1, 0.15) is 23.1 Å². The van der Waals surface area contributed by atoms with Gasteiger partial charge in [0.1, 0.15) is 0 Å². The predicted octanol–water partition coefficient (Wildman–Crippen LogP) is 15.0. The van der Waals surface area contributed by atoms with Crippen molar-refractivity contribution in [2.75, 3.05) is 0 Å². The summed E-state index contributed by atoms with van der Waals surface area (Å²) < 4.78 is 4.82. The molecular weight excluding hydrogens is 739 g/mol. The second-order valence-electron chi connectivity index (χ2n) is 15.9. The van der Waals surface area contributed by atoms with Gasteiger partial charge in [0.15, 0.2) is 0 Å². The first-order valence-corrected chi connectivity index (χ1v) is 21.0. The Kier molecular flexibility index (Phi) is 8.24. The van der Waals surface area contributed by atoms with Crippen LogP contribution in [0.2, 0.25) is 0 Å². The lowest BCUT2D eigenvalue weighted by Gasteiger charge is -2.12. The first-order valence-electron chi connectivity index (χ1n) is 21.0. The molecule has 0 amide bonds. The average molecular weight is 778 g/mol. The lowest BCUT2D eigenvalue weighted by Crippen LogP contribution is -1.99. The van der Waals surface area contributed by atoms with Crippen LogP contribution >= 0.6 is 0 Å². The van der Waals surface area contributed by atoms with Crippen LogP contribution in [0.4, 0.5) is 0 Å². The van der Waals surface area contributed by atoms with Crippen molar-refractivity contribution in [3.8, 4) is 22.5 Å². The summed E-state index contributed by atoms with van der Waals surface area (Å²) in [6.45, 7) is 0. The van der Waals surface area contributed by atoms with Crippen molar-refractivity contribution in [2.45, 2.75) is 6.42 Å². The molecular formula is C58H39N3. The number of rotatable bonds is 6. The Hall–Kier alpha value is -8.01. The van der Waals surface area contributed by atoms with E-state index in [1.807, 2.05) is 0 Å². The first kappa shape index (κ1) is 35.0. The molecule has 1 aliphatic heterocycles. The van der Waals surface area contributed by atoms with E-state index in [0.29, 0.717) is 0 Å². The maximum absolute atomic E-state index is 5.37. The topological polar surface area (TPSA) is 22.2 Å². The number of allylic oxidation sites excluding steroid dienone is 3. The van der Waals surface area contributed by atoms with Crippen molar-refractivity contribution in [2.24, 2.45) is 4.99 Å². The molecule has 3 heterocycles. The van der Waals surface area contributed by atoms with E-state index in [4.69, 9.17) is 4.99 Å². The van der Waals surface area contributed by atoms with Crippen LogP contribution < -0.4 is 0 Å². The van der Waals surface area contributed by atoms with Crippen molar-refractivity contribution in [3.63, 3.8) is 0 Å². The minimum Gasteiger partial charge on any atom is -0.309 e. The molecule has 0 aliphatic carbocycles. The Morgan fingerprint density at radius 1 is 0.361 bits per heavy atom. The van der Waals surface area contributed by atoms with Gasteiger partial charge in [-0.25, -0.2) is 4.99 Å². The molecule has 3 heteroatoms. The summed E-state index contributed by atoms with van der Waals surface area (Å²) >= 11 is 0. The number of para-hydroxylation sites is 2. The fourth-order valence-corrected chi connectivity index (χ4v) is 9.49. The zero-order valence-electron chi connectivity index (χ0n) is 33.4. The predicted molar refractivity (Wildman–Crippen MR) is 258 cm³/mol. The van der Waals surface area contributed by atoms with E-state index in [-0.39, 0.29) is 0 Å². The summed E-state index contributed by atoms with van der Waals surface area (Å²) in [5.74, 6) is 0. The summed E-state index contributed by atoms with van der Waals surface area (Å²) in [7, 11) is 0. The molecule has 0 N–H and O–H groups in total. The van der Waals surface area contributed by atoms with Crippen LogP contribution in [-0.2, 0) is 0 Å². The molecule has 0 radical (unpaired) electrons. The standard InChI is InChI=1S/C58H39N3/c1-4-15-39(16-5-1)44-27-31-52(59-53(38-44)41-18-6-2-7-19-41)45-20-14-23-47(35-45)61-56-33-30-43(37-51(56)58-48-24-11-10-17-40(48)28-34-57(58)61)42-29-32-55-50(36-42)49-25-12-13-26-54(49)60(55)46-21-8-3-9-22-46/h1-26,28-38H,27H2. The van der Waals surface area contributed by atoms with E-state index in [9.17, 15) is 0 Å². The largest absolute Gasteiger partial charge is 0.309 e. The third kappa shape index (κ3) is 5.93. The van der Waals surface area contributed by atoms with Crippen molar-refractivity contribution in [1.29, 1.82) is 0 Å². The number of hydrogen-bond acceptors (Lipinski definition) is 1. The van der Waals surface area contributed by atoms with Gasteiger partial charge in [-0.05, 0) is 106 Å². The second kappa shape index (κ2) is 14.4. The van der Waals surface area contributed by atoms with Gasteiger partial charge < -0.3 is 9.13 Å². The highest BCUT2D eigenvalue weighted by atomic mass is 15.0. The van der Waals surface area contributed by atoms with Gasteiger partial charge in [0.05, 0.1) is 33.5 Å². The molecule has 1 aliphatic rings. The van der Waals surface area contributed by atoms with E-state index in [2.05, 4.69) is 234 Å². The lowest BCUT2D eigenvalue weighted by atomic mass is 9.99. The third-order valence-electron chi connectivity index (χ3n) is 12.4. The number of nitrogens with zero attached hydrogens (tertiary/aromatic N) is 3. The van der Waals surface area contributed by atoms with E-state index < -0.39 is 0 Å². The van der Waals surface area contributed by atoms with Gasteiger partial charge in [-0.1, -0.05) is 158 Å². The Morgan fingerprint density at radius 2 is 0.934 bits per heavy atom. The third-order valence-corrected chi connectivity index (χ3v) is 12.4. The molecule has 61 heavy (non-hydrogen) atoms. The Labute approximate surface area is 354 Å². The van der Waals surface area contributed by atoms with Gasteiger partial charge >= 0.3 is 0 Å². The molecule has 12 rings (SSSR count). The molecule has 0 unspecified atom stereocenters. The number of fused-ring (bicyclic) bond motifs is 8. The van der Waals surface area contributed by atoms with Gasteiger partial charge in [0, 0.05) is 44.0 Å². The lowest BCUT2D eigenvalue weighted by molar-refractivity contribution is 1.18. The smallest absolute Gasteiger partial charge is 0.0712 e. The van der Waals surface area contributed by atoms with E-state index in [0.717, 1.165) is 34.6 Å². The van der Waals surface area contributed by atoms with Gasteiger partial charge in [-0.2, -0.15) is 0 Å². The molecule has 11 aromatic rings. The van der Waals surface area contributed by atoms with E-state index >= 15 is 0 Å². The summed E-state index contributed by atoms with van der Waals surface area (Å²) in [5.41, 5.74) is 16.0. The highest BCUT2D eigenvalue weighted by molar-refractivity contribution is 6.22. The number of benzene rings is 9. The van der Waals surface area contributed by atoms with Crippen LogP contribution in [0.3, 0.4) is 0 Å². The number of aromatic nitrogens is 2. The van der Waals surface area contributed by atoms with Gasteiger partial charge in [-0.3, -0.25) is 0 Å². The summed E-state index contributed by atoms with van der Waals surface area (Å²) in [5, 5.41) is 7.48. The Bertz CT molecular complexity index is 3580. The van der Waals surface area contributed by atoms with Crippen LogP contribution in [0.5, 0.6) is 0 Å². The molecule has 0 saturated heterocycles. The maximum Gasteiger partial charge on any atom is 0.0712 e. The highest BCUT2D eigenvalue weighted by Crippen LogP contribution is 2.41. The molecule has 0 bridgehead atoms. The number of aliphatic imine (C=N–C) groups is 1. The zero-order chi connectivity index (χ0) is 40.3. The molecule has 2 aromatic heterocycles. The van der Waals surface area contributed by atoms with Crippen molar-refractivity contribution < 1.29 is 0 Å². The monoisotopic (exact) mass is 777 g/mol. The molecule has 3 nitrogen and oxygen atoms in total. The fraction of sp³-hybridized carbons (Fsp3) is 0.0172. The second-order valence-corrected chi connectivity index (χ2v) is 15.9. The summed E-state index contributed by atoms with van der Waals surface area (Å²) in [6.07, 6.45) is 5.33. The normalized spacial score (nSPS) is 13.1. The van der Waals surface area contributed by atoms with Crippen LogP contribution in [0.25, 0.3) is 88.2 Å². The molecule has 0 saturated carbocycles. The summed E-state index contributed by atoms with van der Waals surface area (Å²) in [4.78, 5) is 5.37. The molecule has 0 spiro atoms. The molecule has 9 aromatic carbocycles. The molecule has 0 fully saturated rings. The van der Waals surface area contributed by atoms with Crippen molar-refractivity contribution in [3.05, 3.63) is 241 Å². The van der Waals surface area contributed by atoms with Crippen LogP contribution in [0.15, 0.2) is 229 Å². The van der Waals surface area contributed by atoms with Crippen LogP contribution in [0, 0.1) is 0 Å². The van der Waals surface area contributed by atoms with Gasteiger partial charge in [0.25, 0.3) is 0 Å². The zero-order valence-corrected chi connectivity index (χ0v) is 33.4. The Balaban J connectivity index is 1.02. The number of hydrogen-bond donors (Lipinski definition) is 0. The van der Waals surface area contributed by atoms with Crippen molar-refractivity contribution in [1.82, 2.24) is 9.13 Å². The first-order chi connectivity index (χ1) is 30.2. The minimum atomic E-state index is 0.784. The minimum absolute atomic E-state index is 0.784. The maximum atomic E-state index is 5.37. The molecule has 286 valence electrons. The van der Waals surface area contributed by atoms with E-state index in [1.165, 1.54) is 82.3 Å². The van der Waals surface area contributed by atoms with Gasteiger partial charge in [0.2, 0.25) is 0 Å². The van der Waals surface area contributed by atoms with Gasteiger partial charge in [-0.15, -0.1) is 0 Å². The average Bonchev–Trinajstić information content (AvgIpc) is 3.74. The quantitative estimate of drug-likeness (QED) is 0.160. The Morgan fingerprint density at radius 3 is 1.72 bits per heavy atom. The van der Waals surface area contributed by atoms with Crippen LogP contribution in [-0.4, -0.2) is 14.8 Å². The highest BCUT2D eigenvalue weighted by Gasteiger charge is 2.19. The van der Waals surface area contributed by atoms with E-state index in [1.54, 1.807) is 0 Å². The SMILES string of the molecule is C1=C(c2ccccc2)CC=C(c2cccc(-n3c4ccc(-c5ccc6c(c5)c5ccccc5n6-c5ccccc5)cc4c4c5ccccc5ccc43)c2)N=C1c1ccccc1. The van der Waals surface area contributed by atoms with Crippen molar-refractivity contribution >= 4 is 71.4 Å².